The zero-order valence-electron chi connectivity index (χ0n) is 16.3. The van der Waals surface area contributed by atoms with E-state index in [9.17, 15) is 0 Å². The van der Waals surface area contributed by atoms with Gasteiger partial charge in [0.2, 0.25) is 0 Å². The predicted molar refractivity (Wildman–Crippen MR) is 114 cm³/mol. The summed E-state index contributed by atoms with van der Waals surface area (Å²) in [4.78, 5) is 2.61. The van der Waals surface area contributed by atoms with Gasteiger partial charge in [0.05, 0.1) is 0 Å². The SMILES string of the molecule is Br.CCCCCCCCCCCCN(Cc1ccccc1)C(C)C. The summed E-state index contributed by atoms with van der Waals surface area (Å²) in [5.74, 6) is 0. The number of unbranched alkanes of at least 4 members (excludes halogenated alkanes) is 9. The van der Waals surface area contributed by atoms with Crippen LogP contribution in [0.4, 0.5) is 0 Å². The van der Waals surface area contributed by atoms with Crippen molar-refractivity contribution in [3.05, 3.63) is 35.9 Å². The van der Waals surface area contributed by atoms with Gasteiger partial charge in [0.1, 0.15) is 0 Å². The third-order valence-electron chi connectivity index (χ3n) is 4.76. The Balaban J connectivity index is 0.00000529. The number of hydrogen-bond acceptors (Lipinski definition) is 1. The minimum Gasteiger partial charge on any atom is -0.297 e. The van der Waals surface area contributed by atoms with Crippen molar-refractivity contribution in [3.63, 3.8) is 0 Å². The summed E-state index contributed by atoms with van der Waals surface area (Å²) >= 11 is 0. The van der Waals surface area contributed by atoms with Crippen molar-refractivity contribution >= 4 is 17.0 Å². The highest BCUT2D eigenvalue weighted by atomic mass is 79.9. The molecule has 0 atom stereocenters. The Kier molecular flexibility index (Phi) is 15.9. The Morgan fingerprint density at radius 3 is 1.75 bits per heavy atom. The highest BCUT2D eigenvalue weighted by Crippen LogP contribution is 2.13. The summed E-state index contributed by atoms with van der Waals surface area (Å²) in [5.41, 5.74) is 1.44. The Morgan fingerprint density at radius 2 is 1.25 bits per heavy atom. The van der Waals surface area contributed by atoms with E-state index in [1.807, 2.05) is 0 Å². The number of hydrogen-bond donors (Lipinski definition) is 0. The van der Waals surface area contributed by atoms with Gasteiger partial charge in [0.15, 0.2) is 0 Å². The lowest BCUT2D eigenvalue weighted by Gasteiger charge is -2.26. The van der Waals surface area contributed by atoms with E-state index >= 15 is 0 Å². The fraction of sp³-hybridized carbons (Fsp3) is 0.727. The summed E-state index contributed by atoms with van der Waals surface area (Å²) in [6.45, 7) is 9.26. The van der Waals surface area contributed by atoms with E-state index < -0.39 is 0 Å². The monoisotopic (exact) mass is 397 g/mol. The van der Waals surface area contributed by atoms with Crippen LogP contribution in [-0.2, 0) is 6.54 Å². The molecular formula is C22H40BrN. The molecule has 0 saturated carbocycles. The van der Waals surface area contributed by atoms with Gasteiger partial charge in [-0.3, -0.25) is 4.90 Å². The van der Waals surface area contributed by atoms with Crippen LogP contribution >= 0.6 is 17.0 Å². The molecule has 0 fully saturated rings. The second-order valence-electron chi connectivity index (χ2n) is 7.23. The first-order chi connectivity index (χ1) is 11.2. The van der Waals surface area contributed by atoms with E-state index in [0.29, 0.717) is 6.04 Å². The van der Waals surface area contributed by atoms with Crippen molar-refractivity contribution in [1.82, 2.24) is 4.90 Å². The number of halogens is 1. The van der Waals surface area contributed by atoms with E-state index in [1.165, 1.54) is 76.3 Å². The van der Waals surface area contributed by atoms with Crippen LogP contribution in [0.15, 0.2) is 30.3 Å². The molecule has 24 heavy (non-hydrogen) atoms. The number of nitrogens with zero attached hydrogens (tertiary/aromatic N) is 1. The first-order valence-corrected chi connectivity index (χ1v) is 10.0. The van der Waals surface area contributed by atoms with Gasteiger partial charge in [-0.15, -0.1) is 17.0 Å². The van der Waals surface area contributed by atoms with Crippen LogP contribution in [0.3, 0.4) is 0 Å². The van der Waals surface area contributed by atoms with Crippen molar-refractivity contribution in [2.24, 2.45) is 0 Å². The Bertz CT molecular complexity index is 363. The van der Waals surface area contributed by atoms with Crippen molar-refractivity contribution in [3.8, 4) is 0 Å². The van der Waals surface area contributed by atoms with Gasteiger partial charge in [-0.1, -0.05) is 95.0 Å². The fourth-order valence-corrected chi connectivity index (χ4v) is 3.14. The first kappa shape index (κ1) is 23.7. The van der Waals surface area contributed by atoms with Gasteiger partial charge in [0.25, 0.3) is 0 Å². The normalized spacial score (nSPS) is 11.0. The lowest BCUT2D eigenvalue weighted by molar-refractivity contribution is 0.208. The summed E-state index contributed by atoms with van der Waals surface area (Å²) in [7, 11) is 0. The van der Waals surface area contributed by atoms with E-state index in [-0.39, 0.29) is 17.0 Å². The minimum absolute atomic E-state index is 0. The largest absolute Gasteiger partial charge is 0.297 e. The molecule has 0 unspecified atom stereocenters. The van der Waals surface area contributed by atoms with Gasteiger partial charge in [-0.2, -0.15) is 0 Å². The standard InChI is InChI=1S/C22H39N.BrH/c1-4-5-6-7-8-9-10-11-12-16-19-23(21(2)3)20-22-17-14-13-15-18-22;/h13-15,17-18,21H,4-12,16,19-20H2,1-3H3;1H. The van der Waals surface area contributed by atoms with E-state index in [1.54, 1.807) is 0 Å². The first-order valence-electron chi connectivity index (χ1n) is 10.0. The molecule has 0 amide bonds. The van der Waals surface area contributed by atoms with E-state index in [0.717, 1.165) is 6.54 Å². The van der Waals surface area contributed by atoms with Crippen molar-refractivity contribution < 1.29 is 0 Å². The molecule has 140 valence electrons. The topological polar surface area (TPSA) is 3.24 Å². The van der Waals surface area contributed by atoms with E-state index in [4.69, 9.17) is 0 Å². The van der Waals surface area contributed by atoms with Crippen LogP contribution in [0.1, 0.15) is 90.5 Å². The lowest BCUT2D eigenvalue weighted by Crippen LogP contribution is -2.31. The van der Waals surface area contributed by atoms with Crippen molar-refractivity contribution in [2.75, 3.05) is 6.54 Å². The zero-order valence-corrected chi connectivity index (χ0v) is 18.0. The van der Waals surface area contributed by atoms with Crippen molar-refractivity contribution in [2.45, 2.75) is 97.6 Å². The van der Waals surface area contributed by atoms with Crippen LogP contribution < -0.4 is 0 Å². The molecule has 1 nitrogen and oxygen atoms in total. The van der Waals surface area contributed by atoms with Crippen LogP contribution in [0.2, 0.25) is 0 Å². The second-order valence-corrected chi connectivity index (χ2v) is 7.23. The minimum atomic E-state index is 0. The van der Waals surface area contributed by atoms with Gasteiger partial charge >= 0.3 is 0 Å². The quantitative estimate of drug-likeness (QED) is 0.295. The molecule has 0 aliphatic carbocycles. The molecule has 1 aromatic carbocycles. The molecule has 0 bridgehead atoms. The molecule has 0 spiro atoms. The van der Waals surface area contributed by atoms with Gasteiger partial charge in [-0.05, 0) is 32.4 Å². The molecule has 2 heteroatoms. The predicted octanol–water partition coefficient (Wildman–Crippen LogP) is 7.40. The van der Waals surface area contributed by atoms with Crippen molar-refractivity contribution in [1.29, 1.82) is 0 Å². The van der Waals surface area contributed by atoms with Crippen LogP contribution in [-0.4, -0.2) is 17.5 Å². The summed E-state index contributed by atoms with van der Waals surface area (Å²) < 4.78 is 0. The molecule has 0 N–H and O–H groups in total. The zero-order chi connectivity index (χ0) is 16.8. The number of rotatable bonds is 14. The highest BCUT2D eigenvalue weighted by molar-refractivity contribution is 8.93. The molecule has 0 aromatic heterocycles. The molecule has 0 aliphatic rings. The summed E-state index contributed by atoms with van der Waals surface area (Å²) in [6.07, 6.45) is 14.2. The summed E-state index contributed by atoms with van der Waals surface area (Å²) in [5, 5.41) is 0. The fourth-order valence-electron chi connectivity index (χ4n) is 3.14. The molecule has 1 rings (SSSR count). The Labute approximate surface area is 162 Å². The Morgan fingerprint density at radius 1 is 0.750 bits per heavy atom. The summed E-state index contributed by atoms with van der Waals surface area (Å²) in [6, 6.07) is 11.5. The molecule has 1 aromatic rings. The maximum absolute atomic E-state index is 2.61. The maximum atomic E-state index is 2.61. The molecule has 0 heterocycles. The maximum Gasteiger partial charge on any atom is 0.0236 e. The van der Waals surface area contributed by atoms with Gasteiger partial charge in [0, 0.05) is 12.6 Å². The molecule has 0 radical (unpaired) electrons. The molecular weight excluding hydrogens is 358 g/mol. The van der Waals surface area contributed by atoms with Crippen LogP contribution in [0, 0.1) is 0 Å². The smallest absolute Gasteiger partial charge is 0.0236 e. The van der Waals surface area contributed by atoms with Gasteiger partial charge < -0.3 is 0 Å². The van der Waals surface area contributed by atoms with Gasteiger partial charge in [-0.25, -0.2) is 0 Å². The van der Waals surface area contributed by atoms with Crippen LogP contribution in [0.25, 0.3) is 0 Å². The Hall–Kier alpha value is -0.340. The third-order valence-corrected chi connectivity index (χ3v) is 4.76. The average Bonchev–Trinajstić information content (AvgIpc) is 2.56. The highest BCUT2D eigenvalue weighted by Gasteiger charge is 2.09. The van der Waals surface area contributed by atoms with E-state index in [2.05, 4.69) is 56.0 Å². The van der Waals surface area contributed by atoms with Crippen LogP contribution in [0.5, 0.6) is 0 Å². The third kappa shape index (κ3) is 12.1. The average molecular weight is 398 g/mol. The molecule has 0 saturated heterocycles. The lowest BCUT2D eigenvalue weighted by atomic mass is 10.1. The number of benzene rings is 1. The molecule has 0 aliphatic heterocycles. The second kappa shape index (κ2) is 16.1.